The van der Waals surface area contributed by atoms with Gasteiger partial charge in [-0.05, 0) is 6.07 Å². The Morgan fingerprint density at radius 3 is 2.92 bits per heavy atom. The number of urea groups is 1. The number of methoxy groups -OCH3 is 1. The number of nitrogens with one attached hydrogen (secondary N) is 1. The zero-order valence-corrected chi connectivity index (χ0v) is 14.4. The Hall–Kier alpha value is -2.68. The first-order valence-corrected chi connectivity index (χ1v) is 8.08. The number of nitrogens with zero attached hydrogens (tertiary/aromatic N) is 4. The standard InChI is InChI=1S/C16H21N5O4/c1-10(2)15-19-14(20-25-15)12-9-21(6-7-24-12)16(22)18-11-4-5-13(23-3)17-8-11/h4-5,8,10,12H,6-7,9H2,1-3H3,(H,18,22). The quantitative estimate of drug-likeness (QED) is 0.904. The molecule has 9 heteroatoms. The zero-order chi connectivity index (χ0) is 17.8. The Balaban J connectivity index is 1.62. The molecule has 0 saturated carbocycles. The van der Waals surface area contributed by atoms with Gasteiger partial charge in [-0.3, -0.25) is 0 Å². The third kappa shape index (κ3) is 4.05. The monoisotopic (exact) mass is 347 g/mol. The molecule has 1 N–H and O–H groups in total. The Morgan fingerprint density at radius 2 is 2.28 bits per heavy atom. The summed E-state index contributed by atoms with van der Waals surface area (Å²) in [5, 5.41) is 6.77. The highest BCUT2D eigenvalue weighted by atomic mass is 16.5. The summed E-state index contributed by atoms with van der Waals surface area (Å²) in [4.78, 5) is 22.5. The molecule has 0 radical (unpaired) electrons. The van der Waals surface area contributed by atoms with Crippen molar-refractivity contribution in [3.63, 3.8) is 0 Å². The molecule has 25 heavy (non-hydrogen) atoms. The van der Waals surface area contributed by atoms with Crippen molar-refractivity contribution in [1.82, 2.24) is 20.0 Å². The summed E-state index contributed by atoms with van der Waals surface area (Å²) >= 11 is 0. The van der Waals surface area contributed by atoms with Crippen LogP contribution in [0.3, 0.4) is 0 Å². The lowest BCUT2D eigenvalue weighted by molar-refractivity contribution is -0.0190. The smallest absolute Gasteiger partial charge is 0.322 e. The summed E-state index contributed by atoms with van der Waals surface area (Å²) < 4.78 is 15.9. The molecular weight excluding hydrogens is 326 g/mol. The van der Waals surface area contributed by atoms with Crippen molar-refractivity contribution in [2.24, 2.45) is 0 Å². The Kier molecular flexibility index (Phi) is 5.13. The van der Waals surface area contributed by atoms with Gasteiger partial charge in [0.15, 0.2) is 0 Å². The molecule has 0 aromatic carbocycles. The summed E-state index contributed by atoms with van der Waals surface area (Å²) in [5.41, 5.74) is 0.593. The molecule has 2 amide bonds. The highest BCUT2D eigenvalue weighted by Crippen LogP contribution is 2.22. The molecule has 1 saturated heterocycles. The number of hydrogen-bond acceptors (Lipinski definition) is 7. The van der Waals surface area contributed by atoms with E-state index < -0.39 is 6.10 Å². The van der Waals surface area contributed by atoms with Crippen molar-refractivity contribution in [3.05, 3.63) is 30.0 Å². The number of carbonyl (C=O) groups is 1. The molecule has 134 valence electrons. The van der Waals surface area contributed by atoms with Crippen LogP contribution in [0.1, 0.15) is 37.6 Å². The van der Waals surface area contributed by atoms with Crippen LogP contribution in [-0.2, 0) is 4.74 Å². The molecule has 0 aliphatic carbocycles. The fraction of sp³-hybridized carbons (Fsp3) is 0.500. The van der Waals surface area contributed by atoms with Crippen LogP contribution in [0.15, 0.2) is 22.9 Å². The summed E-state index contributed by atoms with van der Waals surface area (Å²) in [6.45, 7) is 5.20. The first kappa shape index (κ1) is 17.2. The molecule has 0 spiro atoms. The van der Waals surface area contributed by atoms with E-state index in [0.29, 0.717) is 43.0 Å². The number of morpholine rings is 1. The first-order valence-electron chi connectivity index (χ1n) is 8.08. The minimum absolute atomic E-state index is 0.145. The molecule has 3 rings (SSSR count). The third-order valence-corrected chi connectivity index (χ3v) is 3.79. The van der Waals surface area contributed by atoms with E-state index in [-0.39, 0.29) is 11.9 Å². The van der Waals surface area contributed by atoms with Crippen LogP contribution in [0, 0.1) is 0 Å². The van der Waals surface area contributed by atoms with Gasteiger partial charge in [0.2, 0.25) is 17.6 Å². The molecule has 1 aliphatic heterocycles. The number of hydrogen-bond donors (Lipinski definition) is 1. The SMILES string of the molecule is COc1ccc(NC(=O)N2CCOC(c3noc(C(C)C)n3)C2)cn1. The van der Waals surface area contributed by atoms with Gasteiger partial charge in [0.25, 0.3) is 0 Å². The van der Waals surface area contributed by atoms with Gasteiger partial charge in [0.1, 0.15) is 6.10 Å². The highest BCUT2D eigenvalue weighted by Gasteiger charge is 2.29. The van der Waals surface area contributed by atoms with Crippen molar-refractivity contribution in [3.8, 4) is 5.88 Å². The van der Waals surface area contributed by atoms with Gasteiger partial charge in [-0.2, -0.15) is 4.98 Å². The van der Waals surface area contributed by atoms with E-state index in [1.54, 1.807) is 23.2 Å². The van der Waals surface area contributed by atoms with Gasteiger partial charge in [-0.15, -0.1) is 0 Å². The summed E-state index contributed by atoms with van der Waals surface area (Å²) in [6.07, 6.45) is 1.15. The van der Waals surface area contributed by atoms with Gasteiger partial charge in [-0.25, -0.2) is 9.78 Å². The van der Waals surface area contributed by atoms with Crippen molar-refractivity contribution >= 4 is 11.7 Å². The second kappa shape index (κ2) is 7.47. The lowest BCUT2D eigenvalue weighted by Crippen LogP contribution is -2.44. The predicted octanol–water partition coefficient (Wildman–Crippen LogP) is 2.20. The van der Waals surface area contributed by atoms with E-state index >= 15 is 0 Å². The van der Waals surface area contributed by atoms with Crippen molar-refractivity contribution in [2.45, 2.75) is 25.9 Å². The topological polar surface area (TPSA) is 103 Å². The number of ether oxygens (including phenoxy) is 2. The Morgan fingerprint density at radius 1 is 1.44 bits per heavy atom. The van der Waals surface area contributed by atoms with E-state index in [9.17, 15) is 4.79 Å². The first-order chi connectivity index (χ1) is 12.1. The van der Waals surface area contributed by atoms with Crippen LogP contribution in [0.4, 0.5) is 10.5 Å². The minimum Gasteiger partial charge on any atom is -0.481 e. The lowest BCUT2D eigenvalue weighted by atomic mass is 10.2. The Bertz CT molecular complexity index is 716. The lowest BCUT2D eigenvalue weighted by Gasteiger charge is -2.31. The minimum atomic E-state index is -0.398. The summed E-state index contributed by atoms with van der Waals surface area (Å²) in [6, 6.07) is 3.19. The van der Waals surface area contributed by atoms with E-state index in [0.717, 1.165) is 0 Å². The third-order valence-electron chi connectivity index (χ3n) is 3.79. The van der Waals surface area contributed by atoms with Crippen LogP contribution < -0.4 is 10.1 Å². The van der Waals surface area contributed by atoms with Gasteiger partial charge in [0, 0.05) is 18.5 Å². The zero-order valence-electron chi connectivity index (χ0n) is 14.4. The average Bonchev–Trinajstić information content (AvgIpc) is 3.13. The molecule has 2 aromatic rings. The molecule has 1 atom stereocenters. The largest absolute Gasteiger partial charge is 0.481 e. The number of rotatable bonds is 4. The van der Waals surface area contributed by atoms with E-state index in [2.05, 4.69) is 20.4 Å². The highest BCUT2D eigenvalue weighted by molar-refractivity contribution is 5.89. The summed E-state index contributed by atoms with van der Waals surface area (Å²) in [5.74, 6) is 1.66. The normalized spacial score (nSPS) is 17.6. The average molecular weight is 347 g/mol. The van der Waals surface area contributed by atoms with Gasteiger partial charge >= 0.3 is 6.03 Å². The Labute approximate surface area is 145 Å². The molecule has 1 unspecified atom stereocenters. The maximum absolute atomic E-state index is 12.4. The summed E-state index contributed by atoms with van der Waals surface area (Å²) in [7, 11) is 1.54. The van der Waals surface area contributed by atoms with Crippen LogP contribution in [-0.4, -0.2) is 52.9 Å². The van der Waals surface area contributed by atoms with Crippen LogP contribution in [0.2, 0.25) is 0 Å². The maximum atomic E-state index is 12.4. The van der Waals surface area contributed by atoms with E-state index in [1.807, 2.05) is 13.8 Å². The predicted molar refractivity (Wildman–Crippen MR) is 88.5 cm³/mol. The van der Waals surface area contributed by atoms with Crippen molar-refractivity contribution < 1.29 is 18.8 Å². The van der Waals surface area contributed by atoms with Gasteiger partial charge in [0.05, 0.1) is 32.1 Å². The maximum Gasteiger partial charge on any atom is 0.322 e. The second-order valence-corrected chi connectivity index (χ2v) is 5.97. The molecule has 1 aliphatic rings. The fourth-order valence-corrected chi connectivity index (χ4v) is 2.38. The molecule has 9 nitrogen and oxygen atoms in total. The number of amides is 2. The fourth-order valence-electron chi connectivity index (χ4n) is 2.38. The number of pyridine rings is 1. The van der Waals surface area contributed by atoms with E-state index in [1.165, 1.54) is 7.11 Å². The second-order valence-electron chi connectivity index (χ2n) is 5.97. The number of carbonyl (C=O) groups excluding carboxylic acids is 1. The van der Waals surface area contributed by atoms with Crippen molar-refractivity contribution in [1.29, 1.82) is 0 Å². The number of aromatic nitrogens is 3. The molecule has 0 bridgehead atoms. The van der Waals surface area contributed by atoms with Gasteiger partial charge in [-0.1, -0.05) is 19.0 Å². The molecule has 3 heterocycles. The molecular formula is C16H21N5O4. The molecule has 1 fully saturated rings. The van der Waals surface area contributed by atoms with Crippen LogP contribution in [0.25, 0.3) is 0 Å². The number of anilines is 1. The van der Waals surface area contributed by atoms with Crippen LogP contribution in [0.5, 0.6) is 5.88 Å². The van der Waals surface area contributed by atoms with Gasteiger partial charge < -0.3 is 24.2 Å². The molecule has 2 aromatic heterocycles. The van der Waals surface area contributed by atoms with Crippen molar-refractivity contribution in [2.75, 3.05) is 32.1 Å². The van der Waals surface area contributed by atoms with E-state index in [4.69, 9.17) is 14.0 Å². The van der Waals surface area contributed by atoms with Crippen LogP contribution >= 0.6 is 0 Å².